The number of rotatable bonds is 5. The summed E-state index contributed by atoms with van der Waals surface area (Å²) < 4.78 is 22.7. The van der Waals surface area contributed by atoms with Crippen LogP contribution in [-0.2, 0) is 9.47 Å². The Labute approximate surface area is 94.2 Å². The summed E-state index contributed by atoms with van der Waals surface area (Å²) in [5, 5.41) is 0. The molecule has 0 N–H and O–H groups in total. The quantitative estimate of drug-likeness (QED) is 0.571. The van der Waals surface area contributed by atoms with Crippen LogP contribution >= 0.6 is 0 Å². The van der Waals surface area contributed by atoms with Gasteiger partial charge in [-0.25, -0.2) is 9.18 Å². The van der Waals surface area contributed by atoms with Gasteiger partial charge in [-0.2, -0.15) is 0 Å². The molecule has 0 aromatic heterocycles. The molecule has 1 aromatic rings. The lowest BCUT2D eigenvalue weighted by Gasteiger charge is -2.08. The Morgan fingerprint density at radius 2 is 1.88 bits per heavy atom. The third-order valence-corrected chi connectivity index (χ3v) is 1.85. The highest BCUT2D eigenvalue weighted by Gasteiger charge is 2.06. The van der Waals surface area contributed by atoms with E-state index in [1.54, 1.807) is 0 Å². The maximum atomic E-state index is 12.6. The molecule has 1 rings (SSSR count). The van der Waals surface area contributed by atoms with Crippen molar-refractivity contribution in [2.24, 2.45) is 0 Å². The van der Waals surface area contributed by atoms with Gasteiger partial charge in [0.15, 0.2) is 0 Å². The van der Waals surface area contributed by atoms with Crippen molar-refractivity contribution >= 4 is 5.97 Å². The normalized spacial score (nSPS) is 10.5. The van der Waals surface area contributed by atoms with Crippen molar-refractivity contribution in [1.82, 2.24) is 0 Å². The molecule has 0 aliphatic heterocycles. The van der Waals surface area contributed by atoms with Crippen LogP contribution in [0.1, 0.15) is 24.2 Å². The Morgan fingerprint density at radius 3 is 2.44 bits per heavy atom. The van der Waals surface area contributed by atoms with Gasteiger partial charge < -0.3 is 9.47 Å². The number of carbonyl (C=O) groups is 1. The molecule has 0 atom stereocenters. The molecule has 0 unspecified atom stereocenters. The Morgan fingerprint density at radius 1 is 1.25 bits per heavy atom. The molecule has 1 aromatic carbocycles. The molecule has 0 aliphatic carbocycles. The van der Waals surface area contributed by atoms with E-state index in [1.807, 2.05) is 13.8 Å². The molecule has 0 radical (unpaired) electrons. The van der Waals surface area contributed by atoms with E-state index in [9.17, 15) is 9.18 Å². The molecule has 0 spiro atoms. The molecular formula is C12H15FO3. The van der Waals surface area contributed by atoms with E-state index >= 15 is 0 Å². The van der Waals surface area contributed by atoms with E-state index in [0.29, 0.717) is 12.2 Å². The van der Waals surface area contributed by atoms with Gasteiger partial charge in [-0.3, -0.25) is 0 Å². The van der Waals surface area contributed by atoms with E-state index < -0.39 is 5.97 Å². The summed E-state index contributed by atoms with van der Waals surface area (Å²) in [6.45, 7) is 4.38. The molecular weight excluding hydrogens is 211 g/mol. The van der Waals surface area contributed by atoms with Gasteiger partial charge in [0.05, 0.1) is 18.3 Å². The molecule has 0 heterocycles. The standard InChI is InChI=1S/C12H15FO3/c1-9(2)15-7-8-16-12(14)10-3-5-11(13)6-4-10/h3-6,9H,7-8H2,1-2H3. The van der Waals surface area contributed by atoms with Crippen molar-refractivity contribution in [1.29, 1.82) is 0 Å². The summed E-state index contributed by atoms with van der Waals surface area (Å²) in [5.74, 6) is -0.841. The number of hydrogen-bond acceptors (Lipinski definition) is 3. The van der Waals surface area contributed by atoms with Crippen LogP contribution in [0.4, 0.5) is 4.39 Å². The number of halogens is 1. The number of esters is 1. The fraction of sp³-hybridized carbons (Fsp3) is 0.417. The zero-order chi connectivity index (χ0) is 12.0. The lowest BCUT2D eigenvalue weighted by Crippen LogP contribution is -2.13. The summed E-state index contributed by atoms with van der Waals surface area (Å²) in [5.41, 5.74) is 0.339. The summed E-state index contributed by atoms with van der Waals surface area (Å²) in [4.78, 5) is 11.4. The summed E-state index contributed by atoms with van der Waals surface area (Å²) in [6.07, 6.45) is 0.115. The average molecular weight is 226 g/mol. The van der Waals surface area contributed by atoms with Crippen LogP contribution < -0.4 is 0 Å². The van der Waals surface area contributed by atoms with Crippen LogP contribution in [0.15, 0.2) is 24.3 Å². The SMILES string of the molecule is CC(C)OCCOC(=O)c1ccc(F)cc1. The van der Waals surface area contributed by atoms with Crippen molar-refractivity contribution in [2.75, 3.05) is 13.2 Å². The van der Waals surface area contributed by atoms with Crippen molar-refractivity contribution in [3.8, 4) is 0 Å². The maximum Gasteiger partial charge on any atom is 0.338 e. The smallest absolute Gasteiger partial charge is 0.338 e. The first-order valence-corrected chi connectivity index (χ1v) is 5.14. The molecule has 16 heavy (non-hydrogen) atoms. The molecule has 3 nitrogen and oxygen atoms in total. The van der Waals surface area contributed by atoms with Crippen LogP contribution in [-0.4, -0.2) is 25.3 Å². The Balaban J connectivity index is 2.32. The second kappa shape index (κ2) is 6.23. The van der Waals surface area contributed by atoms with Crippen molar-refractivity contribution in [2.45, 2.75) is 20.0 Å². The van der Waals surface area contributed by atoms with Gasteiger partial charge in [0.1, 0.15) is 12.4 Å². The number of carbonyl (C=O) groups excluding carboxylic acids is 1. The molecule has 88 valence electrons. The molecule has 0 fully saturated rings. The number of benzene rings is 1. The second-order valence-electron chi connectivity index (χ2n) is 3.56. The first-order chi connectivity index (χ1) is 7.59. The van der Waals surface area contributed by atoms with Crippen molar-refractivity contribution in [3.63, 3.8) is 0 Å². The predicted molar refractivity (Wildman–Crippen MR) is 57.8 cm³/mol. The van der Waals surface area contributed by atoms with E-state index in [0.717, 1.165) is 0 Å². The van der Waals surface area contributed by atoms with Gasteiger partial charge >= 0.3 is 5.97 Å². The maximum absolute atomic E-state index is 12.6. The van der Waals surface area contributed by atoms with Gasteiger partial charge in [0.25, 0.3) is 0 Å². The molecule has 4 heteroatoms. The van der Waals surface area contributed by atoms with Crippen LogP contribution in [0.2, 0.25) is 0 Å². The first-order valence-electron chi connectivity index (χ1n) is 5.14. The predicted octanol–water partition coefficient (Wildman–Crippen LogP) is 2.41. The van der Waals surface area contributed by atoms with E-state index in [4.69, 9.17) is 9.47 Å². The summed E-state index contributed by atoms with van der Waals surface area (Å²) in [6, 6.07) is 5.23. The minimum atomic E-state index is -0.465. The molecule has 0 saturated heterocycles. The zero-order valence-corrected chi connectivity index (χ0v) is 9.40. The van der Waals surface area contributed by atoms with Crippen LogP contribution in [0.5, 0.6) is 0 Å². The Hall–Kier alpha value is -1.42. The monoisotopic (exact) mass is 226 g/mol. The van der Waals surface area contributed by atoms with Crippen LogP contribution in [0.25, 0.3) is 0 Å². The Bertz CT molecular complexity index is 333. The van der Waals surface area contributed by atoms with Gasteiger partial charge in [0, 0.05) is 0 Å². The Kier molecular flexibility index (Phi) is 4.92. The van der Waals surface area contributed by atoms with Gasteiger partial charge in [-0.05, 0) is 38.1 Å². The topological polar surface area (TPSA) is 35.5 Å². The van der Waals surface area contributed by atoms with E-state index in [-0.39, 0.29) is 18.5 Å². The van der Waals surface area contributed by atoms with Crippen molar-refractivity contribution < 1.29 is 18.7 Å². The van der Waals surface area contributed by atoms with E-state index in [1.165, 1.54) is 24.3 Å². The van der Waals surface area contributed by atoms with Gasteiger partial charge in [0.2, 0.25) is 0 Å². The third kappa shape index (κ3) is 4.40. The van der Waals surface area contributed by atoms with Gasteiger partial charge in [-0.15, -0.1) is 0 Å². The van der Waals surface area contributed by atoms with Gasteiger partial charge in [-0.1, -0.05) is 0 Å². The minimum Gasteiger partial charge on any atom is -0.460 e. The highest BCUT2D eigenvalue weighted by molar-refractivity contribution is 5.89. The number of hydrogen-bond donors (Lipinski definition) is 0. The second-order valence-corrected chi connectivity index (χ2v) is 3.56. The molecule has 0 aliphatic rings. The van der Waals surface area contributed by atoms with E-state index in [2.05, 4.69) is 0 Å². The average Bonchev–Trinajstić information content (AvgIpc) is 2.25. The highest BCUT2D eigenvalue weighted by Crippen LogP contribution is 2.04. The van der Waals surface area contributed by atoms with Crippen LogP contribution in [0.3, 0.4) is 0 Å². The lowest BCUT2D eigenvalue weighted by molar-refractivity contribution is 0.0177. The third-order valence-electron chi connectivity index (χ3n) is 1.85. The minimum absolute atomic E-state index is 0.115. The van der Waals surface area contributed by atoms with Crippen molar-refractivity contribution in [3.05, 3.63) is 35.6 Å². The molecule has 0 bridgehead atoms. The first kappa shape index (κ1) is 12.6. The number of ether oxygens (including phenoxy) is 2. The fourth-order valence-electron chi connectivity index (χ4n) is 1.09. The zero-order valence-electron chi connectivity index (χ0n) is 9.40. The lowest BCUT2D eigenvalue weighted by atomic mass is 10.2. The largest absolute Gasteiger partial charge is 0.460 e. The summed E-state index contributed by atoms with van der Waals surface area (Å²) in [7, 11) is 0. The fourth-order valence-corrected chi connectivity index (χ4v) is 1.09. The molecule has 0 amide bonds. The summed E-state index contributed by atoms with van der Waals surface area (Å²) >= 11 is 0. The highest BCUT2D eigenvalue weighted by atomic mass is 19.1. The molecule has 0 saturated carbocycles. The van der Waals surface area contributed by atoms with Crippen LogP contribution in [0, 0.1) is 5.82 Å².